The summed E-state index contributed by atoms with van der Waals surface area (Å²) in [6, 6.07) is 0. The molecule has 0 aliphatic rings. The molecule has 1 heterocycles. The molecule has 98 valence electrons. The van der Waals surface area contributed by atoms with E-state index in [1.807, 2.05) is 10.9 Å². The molecule has 0 aromatic carbocycles. The topological polar surface area (TPSA) is 39.1 Å². The fraction of sp³-hybridized carbons (Fsp3) is 0.769. The summed E-state index contributed by atoms with van der Waals surface area (Å²) >= 11 is 0. The number of nitrogens with zero attached hydrogens (tertiary/aromatic N) is 2. The van der Waals surface area contributed by atoms with Crippen molar-refractivity contribution in [1.29, 1.82) is 0 Å². The van der Waals surface area contributed by atoms with Crippen LogP contribution in [0.15, 0.2) is 12.4 Å². The van der Waals surface area contributed by atoms with Crippen LogP contribution in [-0.2, 0) is 16.8 Å². The van der Waals surface area contributed by atoms with E-state index < -0.39 is 0 Å². The third-order valence-electron chi connectivity index (χ3n) is 2.60. The van der Waals surface area contributed by atoms with Gasteiger partial charge in [0.15, 0.2) is 0 Å². The van der Waals surface area contributed by atoms with Gasteiger partial charge >= 0.3 is 0 Å². The maximum absolute atomic E-state index is 5.10. The molecule has 0 aliphatic carbocycles. The number of hydrogen-bond donors (Lipinski definition) is 1. The van der Waals surface area contributed by atoms with Gasteiger partial charge < -0.3 is 10.1 Å². The average molecular weight is 239 g/mol. The Morgan fingerprint density at radius 1 is 1.47 bits per heavy atom. The van der Waals surface area contributed by atoms with Crippen molar-refractivity contribution in [2.75, 3.05) is 20.3 Å². The number of ether oxygens (including phenoxy) is 1. The molecule has 17 heavy (non-hydrogen) atoms. The van der Waals surface area contributed by atoms with Crippen molar-refractivity contribution in [3.05, 3.63) is 18.0 Å². The number of aromatic nitrogens is 2. The van der Waals surface area contributed by atoms with Crippen LogP contribution in [0.1, 0.15) is 33.3 Å². The molecule has 0 fully saturated rings. The number of hydrogen-bond acceptors (Lipinski definition) is 3. The highest BCUT2D eigenvalue weighted by Crippen LogP contribution is 2.12. The first-order chi connectivity index (χ1) is 7.93. The Morgan fingerprint density at radius 2 is 2.18 bits per heavy atom. The molecule has 0 saturated heterocycles. The number of methoxy groups -OCH3 is 1. The maximum Gasteiger partial charge on any atom is 0.0543 e. The van der Waals surface area contributed by atoms with Crippen LogP contribution in [0, 0.1) is 5.92 Å². The van der Waals surface area contributed by atoms with Crippen molar-refractivity contribution in [3.8, 4) is 0 Å². The van der Waals surface area contributed by atoms with Crippen molar-refractivity contribution in [2.24, 2.45) is 5.92 Å². The maximum atomic E-state index is 5.10. The van der Waals surface area contributed by atoms with Gasteiger partial charge in [-0.1, -0.05) is 6.92 Å². The van der Waals surface area contributed by atoms with Crippen LogP contribution < -0.4 is 5.32 Å². The normalized spacial score (nSPS) is 13.9. The van der Waals surface area contributed by atoms with Gasteiger partial charge in [0.2, 0.25) is 0 Å². The molecular formula is C13H25N3O. The van der Waals surface area contributed by atoms with Crippen molar-refractivity contribution in [1.82, 2.24) is 15.1 Å². The predicted molar refractivity (Wildman–Crippen MR) is 70.0 cm³/mol. The second-order valence-corrected chi connectivity index (χ2v) is 5.66. The van der Waals surface area contributed by atoms with Gasteiger partial charge in [-0.05, 0) is 26.7 Å². The Hall–Kier alpha value is -0.870. The zero-order valence-electron chi connectivity index (χ0n) is 11.7. The minimum atomic E-state index is 0.0571. The summed E-state index contributed by atoms with van der Waals surface area (Å²) in [7, 11) is 1.74. The minimum Gasteiger partial charge on any atom is -0.384 e. The fourth-order valence-corrected chi connectivity index (χ4v) is 1.62. The lowest BCUT2D eigenvalue weighted by molar-refractivity contribution is 0.158. The van der Waals surface area contributed by atoms with Crippen LogP contribution in [-0.4, -0.2) is 30.0 Å². The molecule has 0 amide bonds. The van der Waals surface area contributed by atoms with Gasteiger partial charge in [-0.25, -0.2) is 0 Å². The van der Waals surface area contributed by atoms with E-state index in [9.17, 15) is 0 Å². The van der Waals surface area contributed by atoms with Crippen molar-refractivity contribution >= 4 is 0 Å². The highest BCUT2D eigenvalue weighted by molar-refractivity contribution is 5.04. The van der Waals surface area contributed by atoms with Crippen LogP contribution in [0.2, 0.25) is 0 Å². The van der Waals surface area contributed by atoms with Gasteiger partial charge in [0, 0.05) is 38.6 Å². The Bertz CT molecular complexity index is 328. The lowest BCUT2D eigenvalue weighted by Crippen LogP contribution is -2.24. The third kappa shape index (κ3) is 4.88. The highest BCUT2D eigenvalue weighted by Gasteiger charge is 2.13. The van der Waals surface area contributed by atoms with Crippen molar-refractivity contribution in [2.45, 2.75) is 39.8 Å². The van der Waals surface area contributed by atoms with E-state index in [-0.39, 0.29) is 5.54 Å². The smallest absolute Gasteiger partial charge is 0.0543 e. The standard InChI is InChI=1S/C13H25N3O/c1-11(10-17-5)6-14-7-12-8-15-16(9-12)13(2,3)4/h8-9,11,14H,6-7,10H2,1-5H3. The van der Waals surface area contributed by atoms with E-state index in [4.69, 9.17) is 4.74 Å². The lowest BCUT2D eigenvalue weighted by Gasteiger charge is -2.18. The SMILES string of the molecule is COCC(C)CNCc1cnn(C(C)(C)C)c1. The molecular weight excluding hydrogens is 214 g/mol. The van der Waals surface area contributed by atoms with Gasteiger partial charge in [-0.3, -0.25) is 4.68 Å². The molecule has 0 spiro atoms. The molecule has 1 atom stereocenters. The number of nitrogens with one attached hydrogen (secondary N) is 1. The lowest BCUT2D eigenvalue weighted by atomic mass is 10.1. The van der Waals surface area contributed by atoms with E-state index in [0.717, 1.165) is 19.7 Å². The van der Waals surface area contributed by atoms with Gasteiger partial charge in [-0.15, -0.1) is 0 Å². The second kappa shape index (κ2) is 6.17. The van der Waals surface area contributed by atoms with E-state index >= 15 is 0 Å². The van der Waals surface area contributed by atoms with Crippen molar-refractivity contribution in [3.63, 3.8) is 0 Å². The number of rotatable bonds is 6. The van der Waals surface area contributed by atoms with Crippen LogP contribution in [0.4, 0.5) is 0 Å². The molecule has 0 aliphatic heterocycles. The van der Waals surface area contributed by atoms with Gasteiger partial charge in [0.1, 0.15) is 0 Å². The highest BCUT2D eigenvalue weighted by atomic mass is 16.5. The summed E-state index contributed by atoms with van der Waals surface area (Å²) in [5.41, 5.74) is 1.28. The molecule has 1 rings (SSSR count). The minimum absolute atomic E-state index is 0.0571. The summed E-state index contributed by atoms with van der Waals surface area (Å²) in [6.07, 6.45) is 4.03. The molecule has 4 nitrogen and oxygen atoms in total. The van der Waals surface area contributed by atoms with E-state index in [0.29, 0.717) is 5.92 Å². The average Bonchev–Trinajstić information content (AvgIpc) is 2.66. The molecule has 0 radical (unpaired) electrons. The molecule has 4 heteroatoms. The molecule has 0 bridgehead atoms. The first-order valence-electron chi connectivity index (χ1n) is 6.17. The van der Waals surface area contributed by atoms with Gasteiger partial charge in [0.05, 0.1) is 11.7 Å². The van der Waals surface area contributed by atoms with Crippen LogP contribution in [0.5, 0.6) is 0 Å². The summed E-state index contributed by atoms with van der Waals surface area (Å²) in [4.78, 5) is 0. The van der Waals surface area contributed by atoms with Crippen LogP contribution in [0.3, 0.4) is 0 Å². The second-order valence-electron chi connectivity index (χ2n) is 5.66. The largest absolute Gasteiger partial charge is 0.384 e. The molecule has 1 aromatic heterocycles. The van der Waals surface area contributed by atoms with Gasteiger partial charge in [-0.2, -0.15) is 5.10 Å². The Kier molecular flexibility index (Phi) is 5.15. The molecule has 0 saturated carbocycles. The summed E-state index contributed by atoms with van der Waals surface area (Å²) in [5, 5.41) is 7.79. The Morgan fingerprint density at radius 3 is 2.71 bits per heavy atom. The zero-order valence-corrected chi connectivity index (χ0v) is 11.7. The Labute approximate surface area is 104 Å². The monoisotopic (exact) mass is 239 g/mol. The van der Waals surface area contributed by atoms with Crippen LogP contribution >= 0.6 is 0 Å². The summed E-state index contributed by atoms with van der Waals surface area (Å²) in [6.45, 7) is 11.3. The fourth-order valence-electron chi connectivity index (χ4n) is 1.62. The van der Waals surface area contributed by atoms with E-state index in [1.165, 1.54) is 5.56 Å². The quantitative estimate of drug-likeness (QED) is 0.825. The first-order valence-corrected chi connectivity index (χ1v) is 6.17. The molecule has 1 N–H and O–H groups in total. The zero-order chi connectivity index (χ0) is 12.9. The summed E-state index contributed by atoms with van der Waals surface area (Å²) in [5.74, 6) is 0.540. The van der Waals surface area contributed by atoms with Crippen LogP contribution in [0.25, 0.3) is 0 Å². The van der Waals surface area contributed by atoms with E-state index in [1.54, 1.807) is 7.11 Å². The first kappa shape index (κ1) is 14.2. The molecule has 1 aromatic rings. The third-order valence-corrected chi connectivity index (χ3v) is 2.60. The van der Waals surface area contributed by atoms with Crippen molar-refractivity contribution < 1.29 is 4.74 Å². The van der Waals surface area contributed by atoms with Gasteiger partial charge in [0.25, 0.3) is 0 Å². The predicted octanol–water partition coefficient (Wildman–Crippen LogP) is 2.01. The molecule has 1 unspecified atom stereocenters. The van der Waals surface area contributed by atoms with E-state index in [2.05, 4.69) is 44.3 Å². The Balaban J connectivity index is 2.35. The summed E-state index contributed by atoms with van der Waals surface area (Å²) < 4.78 is 7.10.